The fourth-order valence-electron chi connectivity index (χ4n) is 2.89. The van der Waals surface area contributed by atoms with E-state index in [9.17, 15) is 0 Å². The van der Waals surface area contributed by atoms with Crippen molar-refractivity contribution in [1.29, 1.82) is 0 Å². The lowest BCUT2D eigenvalue weighted by atomic mass is 9.79. The summed E-state index contributed by atoms with van der Waals surface area (Å²) in [6, 6.07) is 5.94. The molecule has 0 amide bonds. The zero-order valence-electron chi connectivity index (χ0n) is 10.2. The Labute approximate surface area is 116 Å². The van der Waals surface area contributed by atoms with Crippen molar-refractivity contribution < 1.29 is 0 Å². The molecule has 3 rings (SSSR count). The molecule has 2 nitrogen and oxygen atoms in total. The van der Waals surface area contributed by atoms with Gasteiger partial charge in [-0.1, -0.05) is 24.4 Å². The molecule has 0 saturated heterocycles. The van der Waals surface area contributed by atoms with E-state index in [4.69, 9.17) is 22.3 Å². The lowest BCUT2D eigenvalue weighted by Crippen LogP contribution is -2.25. The molecule has 2 unspecified atom stereocenters. The summed E-state index contributed by atoms with van der Waals surface area (Å²) >= 11 is 7.81. The number of rotatable bonds is 2. The molecule has 96 valence electrons. The summed E-state index contributed by atoms with van der Waals surface area (Å²) in [6.45, 7) is 0.779. The Morgan fingerprint density at radius 3 is 3.00 bits per heavy atom. The molecule has 0 bridgehead atoms. The fraction of sp³-hybridized carbons (Fsp3) is 0.500. The first kappa shape index (κ1) is 12.4. The van der Waals surface area contributed by atoms with Gasteiger partial charge in [-0.25, -0.2) is 4.98 Å². The van der Waals surface area contributed by atoms with Crippen LogP contribution in [-0.4, -0.2) is 11.5 Å². The molecular weight excluding hydrogens is 264 g/mol. The van der Waals surface area contributed by atoms with Crippen molar-refractivity contribution in [1.82, 2.24) is 4.98 Å². The summed E-state index contributed by atoms with van der Waals surface area (Å²) in [5.41, 5.74) is 6.98. The van der Waals surface area contributed by atoms with Gasteiger partial charge in [-0.15, -0.1) is 11.3 Å². The predicted octanol–water partition coefficient (Wildman–Crippen LogP) is 4.18. The van der Waals surface area contributed by atoms with Crippen molar-refractivity contribution in [3.8, 4) is 0 Å². The molecule has 1 heterocycles. The van der Waals surface area contributed by atoms with Gasteiger partial charge in [0.2, 0.25) is 0 Å². The van der Waals surface area contributed by atoms with E-state index in [-0.39, 0.29) is 0 Å². The van der Waals surface area contributed by atoms with Gasteiger partial charge >= 0.3 is 0 Å². The first-order chi connectivity index (χ1) is 8.78. The number of nitrogens with zero attached hydrogens (tertiary/aromatic N) is 1. The zero-order valence-corrected chi connectivity index (χ0v) is 11.8. The highest BCUT2D eigenvalue weighted by atomic mass is 35.5. The third-order valence-electron chi connectivity index (χ3n) is 3.90. The quantitative estimate of drug-likeness (QED) is 0.896. The van der Waals surface area contributed by atoms with Crippen molar-refractivity contribution in [3.63, 3.8) is 0 Å². The van der Waals surface area contributed by atoms with Gasteiger partial charge < -0.3 is 5.73 Å². The Morgan fingerprint density at radius 2 is 2.17 bits per heavy atom. The Morgan fingerprint density at radius 1 is 1.33 bits per heavy atom. The Kier molecular flexibility index (Phi) is 3.55. The van der Waals surface area contributed by atoms with E-state index in [0.717, 1.165) is 17.1 Å². The maximum absolute atomic E-state index is 6.03. The molecule has 1 aromatic heterocycles. The van der Waals surface area contributed by atoms with Gasteiger partial charge in [0.25, 0.3) is 0 Å². The molecule has 1 aliphatic rings. The number of benzene rings is 1. The standard InChI is InChI=1S/C14H17ClN2S/c15-10-5-6-12-13(7-10)18-14(17-12)11-4-2-1-3-9(11)8-16/h5-7,9,11H,1-4,8,16H2. The van der Waals surface area contributed by atoms with Crippen LogP contribution in [-0.2, 0) is 0 Å². The van der Waals surface area contributed by atoms with Crippen LogP contribution < -0.4 is 5.73 Å². The minimum Gasteiger partial charge on any atom is -0.330 e. The number of hydrogen-bond acceptors (Lipinski definition) is 3. The Hall–Kier alpha value is -0.640. The van der Waals surface area contributed by atoms with Crippen molar-refractivity contribution in [3.05, 3.63) is 28.2 Å². The van der Waals surface area contributed by atoms with Crippen LogP contribution in [0.25, 0.3) is 10.2 Å². The molecule has 0 radical (unpaired) electrons. The first-order valence-corrected chi connectivity index (χ1v) is 7.73. The molecule has 1 aliphatic carbocycles. The highest BCUT2D eigenvalue weighted by Gasteiger charge is 2.27. The van der Waals surface area contributed by atoms with Crippen molar-refractivity contribution >= 4 is 33.2 Å². The van der Waals surface area contributed by atoms with Crippen molar-refractivity contribution in [2.24, 2.45) is 11.7 Å². The van der Waals surface area contributed by atoms with E-state index in [2.05, 4.69) is 0 Å². The van der Waals surface area contributed by atoms with Crippen LogP contribution in [0.2, 0.25) is 5.02 Å². The largest absolute Gasteiger partial charge is 0.330 e. The van der Waals surface area contributed by atoms with Gasteiger partial charge in [0, 0.05) is 10.9 Å². The second kappa shape index (κ2) is 5.16. The average Bonchev–Trinajstić information content (AvgIpc) is 2.81. The zero-order chi connectivity index (χ0) is 12.5. The van der Waals surface area contributed by atoms with Gasteiger partial charge in [-0.05, 0) is 43.5 Å². The third kappa shape index (κ3) is 2.27. The highest BCUT2D eigenvalue weighted by molar-refractivity contribution is 7.18. The first-order valence-electron chi connectivity index (χ1n) is 6.54. The second-order valence-corrected chi connectivity index (χ2v) is 6.55. The lowest BCUT2D eigenvalue weighted by molar-refractivity contribution is 0.314. The van der Waals surface area contributed by atoms with Gasteiger partial charge in [0.1, 0.15) is 0 Å². The maximum atomic E-state index is 6.03. The van der Waals surface area contributed by atoms with Gasteiger partial charge in [0.15, 0.2) is 0 Å². The van der Waals surface area contributed by atoms with Crippen LogP contribution >= 0.6 is 22.9 Å². The minimum atomic E-state index is 0.555. The smallest absolute Gasteiger partial charge is 0.0972 e. The Bertz CT molecular complexity index is 552. The molecule has 1 fully saturated rings. The van der Waals surface area contributed by atoms with E-state index < -0.39 is 0 Å². The molecule has 2 N–H and O–H groups in total. The van der Waals surface area contributed by atoms with Crippen LogP contribution in [0.3, 0.4) is 0 Å². The SMILES string of the molecule is NCC1CCCCC1c1nc2ccc(Cl)cc2s1. The molecule has 0 aliphatic heterocycles. The molecule has 18 heavy (non-hydrogen) atoms. The molecule has 2 aromatic rings. The number of halogens is 1. The predicted molar refractivity (Wildman–Crippen MR) is 78.4 cm³/mol. The summed E-state index contributed by atoms with van der Waals surface area (Å²) in [6.07, 6.45) is 5.10. The molecule has 1 aromatic carbocycles. The van der Waals surface area contributed by atoms with Crippen molar-refractivity contribution in [2.45, 2.75) is 31.6 Å². The number of thiazole rings is 1. The van der Waals surface area contributed by atoms with E-state index in [1.165, 1.54) is 35.4 Å². The van der Waals surface area contributed by atoms with Gasteiger partial charge in [0.05, 0.1) is 15.2 Å². The molecule has 0 spiro atoms. The van der Waals surface area contributed by atoms with E-state index in [1.807, 2.05) is 18.2 Å². The van der Waals surface area contributed by atoms with Crippen LogP contribution in [0.15, 0.2) is 18.2 Å². The van der Waals surface area contributed by atoms with Crippen LogP contribution in [0.1, 0.15) is 36.6 Å². The van der Waals surface area contributed by atoms with Crippen LogP contribution in [0.4, 0.5) is 0 Å². The lowest BCUT2D eigenvalue weighted by Gasteiger charge is -2.28. The highest BCUT2D eigenvalue weighted by Crippen LogP contribution is 2.40. The summed E-state index contributed by atoms with van der Waals surface area (Å²) < 4.78 is 1.19. The molecule has 2 atom stereocenters. The third-order valence-corrected chi connectivity index (χ3v) is 5.28. The summed E-state index contributed by atoms with van der Waals surface area (Å²) in [7, 11) is 0. The van der Waals surface area contributed by atoms with Gasteiger partial charge in [-0.2, -0.15) is 0 Å². The normalized spacial score (nSPS) is 24.6. The second-order valence-electron chi connectivity index (χ2n) is 5.05. The summed E-state index contributed by atoms with van der Waals surface area (Å²) in [4.78, 5) is 4.78. The number of hydrogen-bond donors (Lipinski definition) is 1. The molecular formula is C14H17ClN2S. The monoisotopic (exact) mass is 280 g/mol. The summed E-state index contributed by atoms with van der Waals surface area (Å²) in [5, 5.41) is 2.04. The summed E-state index contributed by atoms with van der Waals surface area (Å²) in [5.74, 6) is 1.16. The van der Waals surface area contributed by atoms with Crippen LogP contribution in [0, 0.1) is 5.92 Å². The fourth-order valence-corrected chi connectivity index (χ4v) is 4.36. The minimum absolute atomic E-state index is 0.555. The van der Waals surface area contributed by atoms with E-state index in [1.54, 1.807) is 11.3 Å². The van der Waals surface area contributed by atoms with Crippen LogP contribution in [0.5, 0.6) is 0 Å². The van der Waals surface area contributed by atoms with Crippen molar-refractivity contribution in [2.75, 3.05) is 6.54 Å². The molecule has 4 heteroatoms. The average molecular weight is 281 g/mol. The number of aromatic nitrogens is 1. The molecule has 1 saturated carbocycles. The van der Waals surface area contributed by atoms with Gasteiger partial charge in [-0.3, -0.25) is 0 Å². The number of fused-ring (bicyclic) bond motifs is 1. The van der Waals surface area contributed by atoms with E-state index >= 15 is 0 Å². The maximum Gasteiger partial charge on any atom is 0.0972 e. The van der Waals surface area contributed by atoms with E-state index in [0.29, 0.717) is 11.8 Å². The Balaban J connectivity index is 1.97. The topological polar surface area (TPSA) is 38.9 Å². The number of nitrogens with two attached hydrogens (primary N) is 1.